The van der Waals surface area contributed by atoms with Gasteiger partial charge in [-0.1, -0.05) is 25.1 Å². The Morgan fingerprint density at radius 2 is 2.22 bits per heavy atom. The molecule has 0 bridgehead atoms. The summed E-state index contributed by atoms with van der Waals surface area (Å²) in [7, 11) is 0. The molecule has 0 radical (unpaired) electrons. The van der Waals surface area contributed by atoms with Crippen LogP contribution in [0.15, 0.2) is 24.3 Å². The molecule has 2 nitrogen and oxygen atoms in total. The first-order chi connectivity index (χ1) is 8.88. The Labute approximate surface area is 113 Å². The van der Waals surface area contributed by atoms with E-state index in [1.165, 1.54) is 23.5 Å². The van der Waals surface area contributed by atoms with E-state index in [2.05, 4.69) is 48.3 Å². The van der Waals surface area contributed by atoms with Crippen LogP contribution in [0.4, 0.5) is 0 Å². The number of fused-ring (bicyclic) bond motifs is 1. The lowest BCUT2D eigenvalue weighted by molar-refractivity contribution is 0.298. The van der Waals surface area contributed by atoms with Gasteiger partial charge in [0.15, 0.2) is 0 Å². The van der Waals surface area contributed by atoms with Gasteiger partial charge in [0.25, 0.3) is 0 Å². The van der Waals surface area contributed by atoms with Gasteiger partial charge in [-0.15, -0.1) is 0 Å². The Kier molecular flexibility index (Phi) is 3.80. The molecule has 1 aromatic rings. The highest BCUT2D eigenvalue weighted by molar-refractivity contribution is 7.99. The Morgan fingerprint density at radius 1 is 1.33 bits per heavy atom. The van der Waals surface area contributed by atoms with Crippen LogP contribution in [0, 0.1) is 5.92 Å². The van der Waals surface area contributed by atoms with Crippen LogP contribution in [0.2, 0.25) is 0 Å². The van der Waals surface area contributed by atoms with Crippen molar-refractivity contribution in [3.05, 3.63) is 29.8 Å². The molecule has 2 heterocycles. The molecule has 0 aliphatic carbocycles. The number of nitrogens with one attached hydrogen (secondary N) is 1. The molecule has 3 unspecified atom stereocenters. The van der Waals surface area contributed by atoms with Gasteiger partial charge in [-0.3, -0.25) is 0 Å². The monoisotopic (exact) mass is 263 g/mol. The number of ether oxygens (including phenoxy) is 1. The van der Waals surface area contributed by atoms with Gasteiger partial charge in [0.1, 0.15) is 5.75 Å². The van der Waals surface area contributed by atoms with Crippen molar-refractivity contribution >= 4 is 11.8 Å². The van der Waals surface area contributed by atoms with E-state index < -0.39 is 0 Å². The van der Waals surface area contributed by atoms with E-state index in [0.29, 0.717) is 12.0 Å². The average Bonchev–Trinajstić information content (AvgIpc) is 2.99. The highest BCUT2D eigenvalue weighted by Gasteiger charge is 2.32. The molecule has 1 fully saturated rings. The van der Waals surface area contributed by atoms with Gasteiger partial charge in [-0.25, -0.2) is 0 Å². The molecule has 1 saturated heterocycles. The molecule has 3 heteroatoms. The van der Waals surface area contributed by atoms with E-state index in [-0.39, 0.29) is 0 Å². The van der Waals surface area contributed by atoms with Crippen molar-refractivity contribution in [1.82, 2.24) is 5.32 Å². The van der Waals surface area contributed by atoms with Crippen LogP contribution in [0.25, 0.3) is 0 Å². The van der Waals surface area contributed by atoms with Crippen LogP contribution in [-0.4, -0.2) is 30.7 Å². The average molecular weight is 263 g/mol. The topological polar surface area (TPSA) is 21.3 Å². The van der Waals surface area contributed by atoms with Crippen molar-refractivity contribution in [2.24, 2.45) is 5.92 Å². The van der Waals surface area contributed by atoms with Gasteiger partial charge in [0.05, 0.1) is 6.61 Å². The fourth-order valence-electron chi connectivity index (χ4n) is 3.11. The second kappa shape index (κ2) is 5.54. The van der Waals surface area contributed by atoms with Crippen LogP contribution in [0.1, 0.15) is 24.8 Å². The first kappa shape index (κ1) is 12.4. The molecular formula is C15H21NOS. The van der Waals surface area contributed by atoms with Crippen LogP contribution < -0.4 is 10.1 Å². The van der Waals surface area contributed by atoms with Gasteiger partial charge in [0, 0.05) is 23.3 Å². The molecule has 1 aromatic carbocycles. The normalized spacial score (nSPS) is 30.2. The van der Waals surface area contributed by atoms with Gasteiger partial charge in [0.2, 0.25) is 0 Å². The molecule has 2 aliphatic heterocycles. The van der Waals surface area contributed by atoms with Gasteiger partial charge in [-0.05, 0) is 30.7 Å². The maximum absolute atomic E-state index is 5.79. The zero-order valence-corrected chi connectivity index (χ0v) is 11.7. The number of hydrogen-bond acceptors (Lipinski definition) is 3. The van der Waals surface area contributed by atoms with Gasteiger partial charge in [-0.2, -0.15) is 11.8 Å². The molecule has 0 amide bonds. The molecule has 98 valence electrons. The minimum absolute atomic E-state index is 0.603. The standard InChI is InChI=1S/C15H21NOS/c1-2-16-14-10-18-9-12(14)7-11-8-17-15-6-4-3-5-13(11)15/h3-6,11-12,14,16H,2,7-10H2,1H3. The summed E-state index contributed by atoms with van der Waals surface area (Å²) in [6.07, 6.45) is 1.27. The summed E-state index contributed by atoms with van der Waals surface area (Å²) in [4.78, 5) is 0. The zero-order chi connectivity index (χ0) is 12.4. The lowest BCUT2D eigenvalue weighted by Gasteiger charge is -2.22. The summed E-state index contributed by atoms with van der Waals surface area (Å²) in [5.74, 6) is 5.08. The smallest absolute Gasteiger partial charge is 0.122 e. The van der Waals surface area contributed by atoms with Crippen molar-refractivity contribution in [1.29, 1.82) is 0 Å². The summed E-state index contributed by atoms with van der Waals surface area (Å²) in [5, 5.41) is 3.63. The highest BCUT2D eigenvalue weighted by atomic mass is 32.2. The predicted octanol–water partition coefficient (Wildman–Crippen LogP) is 2.89. The molecule has 0 aromatic heterocycles. The van der Waals surface area contributed by atoms with E-state index in [1.54, 1.807) is 0 Å². The van der Waals surface area contributed by atoms with Gasteiger partial charge >= 0.3 is 0 Å². The maximum Gasteiger partial charge on any atom is 0.122 e. The number of rotatable bonds is 4. The van der Waals surface area contributed by atoms with Crippen LogP contribution >= 0.6 is 11.8 Å². The van der Waals surface area contributed by atoms with Crippen LogP contribution in [-0.2, 0) is 0 Å². The molecule has 3 rings (SSSR count). The lowest BCUT2D eigenvalue weighted by Crippen LogP contribution is -2.36. The Balaban J connectivity index is 1.67. The van der Waals surface area contributed by atoms with E-state index in [9.17, 15) is 0 Å². The largest absolute Gasteiger partial charge is 0.493 e. The Bertz CT molecular complexity index is 409. The second-order valence-corrected chi connectivity index (χ2v) is 6.32. The molecular weight excluding hydrogens is 242 g/mol. The number of benzene rings is 1. The van der Waals surface area contributed by atoms with E-state index in [4.69, 9.17) is 4.74 Å². The molecule has 1 N–H and O–H groups in total. The molecule has 2 aliphatic rings. The first-order valence-electron chi connectivity index (χ1n) is 6.91. The van der Waals surface area contributed by atoms with Crippen molar-refractivity contribution in [2.45, 2.75) is 25.3 Å². The van der Waals surface area contributed by atoms with Crippen molar-refractivity contribution < 1.29 is 4.74 Å². The fourth-order valence-corrected chi connectivity index (χ4v) is 4.56. The minimum atomic E-state index is 0.603. The second-order valence-electron chi connectivity index (χ2n) is 5.24. The highest BCUT2D eigenvalue weighted by Crippen LogP contribution is 2.40. The van der Waals surface area contributed by atoms with E-state index in [1.807, 2.05) is 0 Å². The fraction of sp³-hybridized carbons (Fsp3) is 0.600. The third-order valence-corrected chi connectivity index (χ3v) is 5.31. The molecule has 18 heavy (non-hydrogen) atoms. The van der Waals surface area contributed by atoms with Crippen molar-refractivity contribution in [3.63, 3.8) is 0 Å². The summed E-state index contributed by atoms with van der Waals surface area (Å²) in [6.45, 7) is 4.16. The SMILES string of the molecule is CCNC1CSCC1CC1COc2ccccc21. The maximum atomic E-state index is 5.79. The summed E-state index contributed by atoms with van der Waals surface area (Å²) < 4.78 is 5.79. The van der Waals surface area contributed by atoms with Crippen molar-refractivity contribution in [3.8, 4) is 5.75 Å². The minimum Gasteiger partial charge on any atom is -0.493 e. The van der Waals surface area contributed by atoms with Crippen molar-refractivity contribution in [2.75, 3.05) is 24.7 Å². The third-order valence-electron chi connectivity index (χ3n) is 4.05. The first-order valence-corrected chi connectivity index (χ1v) is 8.06. The quantitative estimate of drug-likeness (QED) is 0.902. The molecule has 0 saturated carbocycles. The number of thioether (sulfide) groups is 1. The summed E-state index contributed by atoms with van der Waals surface area (Å²) >= 11 is 2.09. The van der Waals surface area contributed by atoms with E-state index in [0.717, 1.165) is 24.8 Å². The Hall–Kier alpha value is -0.670. The van der Waals surface area contributed by atoms with Gasteiger partial charge < -0.3 is 10.1 Å². The lowest BCUT2D eigenvalue weighted by atomic mass is 9.88. The predicted molar refractivity (Wildman–Crippen MR) is 77.6 cm³/mol. The Morgan fingerprint density at radius 3 is 3.11 bits per heavy atom. The summed E-state index contributed by atoms with van der Waals surface area (Å²) in [6, 6.07) is 9.23. The van der Waals surface area contributed by atoms with Crippen LogP contribution in [0.5, 0.6) is 5.75 Å². The summed E-state index contributed by atoms with van der Waals surface area (Å²) in [5.41, 5.74) is 1.42. The zero-order valence-electron chi connectivity index (χ0n) is 10.9. The third kappa shape index (κ3) is 2.39. The molecule has 0 spiro atoms. The number of para-hydroxylation sites is 1. The number of hydrogen-bond donors (Lipinski definition) is 1. The van der Waals surface area contributed by atoms with Crippen LogP contribution in [0.3, 0.4) is 0 Å². The molecule has 3 atom stereocenters. The van der Waals surface area contributed by atoms with E-state index >= 15 is 0 Å².